The normalized spacial score (nSPS) is 20.5. The van der Waals surface area contributed by atoms with E-state index in [2.05, 4.69) is 24.5 Å². The van der Waals surface area contributed by atoms with Crippen molar-refractivity contribution < 1.29 is 9.90 Å². The van der Waals surface area contributed by atoms with Gasteiger partial charge in [0.25, 0.3) is 0 Å². The van der Waals surface area contributed by atoms with E-state index in [0.717, 1.165) is 25.7 Å². The number of carbonyl (C=O) groups is 1. The number of aliphatic hydroxyl groups is 1. The number of nitriles is 1. The molecule has 0 aliphatic heterocycles. The van der Waals surface area contributed by atoms with Gasteiger partial charge in [-0.15, -0.1) is 0 Å². The third-order valence-electron chi connectivity index (χ3n) is 3.83. The summed E-state index contributed by atoms with van der Waals surface area (Å²) in [7, 11) is 0. The SMILES string of the molecule is CC1(C)CCC(O)(CNCC(=O)NCCC#N)CC1. The van der Waals surface area contributed by atoms with Crippen molar-refractivity contribution in [1.29, 1.82) is 5.26 Å². The van der Waals surface area contributed by atoms with Gasteiger partial charge in [-0.1, -0.05) is 13.8 Å². The van der Waals surface area contributed by atoms with Crippen LogP contribution in [0.15, 0.2) is 0 Å². The van der Waals surface area contributed by atoms with Gasteiger partial charge < -0.3 is 15.7 Å². The zero-order valence-corrected chi connectivity index (χ0v) is 12.0. The van der Waals surface area contributed by atoms with Crippen molar-refractivity contribution in [3.05, 3.63) is 0 Å². The largest absolute Gasteiger partial charge is 0.389 e. The molecule has 0 spiro atoms. The van der Waals surface area contributed by atoms with E-state index in [0.29, 0.717) is 24.9 Å². The Hall–Kier alpha value is -1.12. The number of amides is 1. The molecular weight excluding hydrogens is 242 g/mol. The van der Waals surface area contributed by atoms with Gasteiger partial charge in [-0.3, -0.25) is 4.79 Å². The predicted octanol–water partition coefficient (Wildman–Crippen LogP) is 0.937. The van der Waals surface area contributed by atoms with Gasteiger partial charge in [0.1, 0.15) is 0 Å². The Morgan fingerprint density at radius 3 is 2.53 bits per heavy atom. The Morgan fingerprint density at radius 1 is 1.32 bits per heavy atom. The minimum atomic E-state index is -0.678. The van der Waals surface area contributed by atoms with Crippen LogP contribution in [0.1, 0.15) is 46.0 Å². The fraction of sp³-hybridized carbons (Fsp3) is 0.857. The van der Waals surface area contributed by atoms with Crippen LogP contribution in [-0.4, -0.2) is 36.2 Å². The highest BCUT2D eigenvalue weighted by Gasteiger charge is 2.36. The second-order valence-corrected chi connectivity index (χ2v) is 6.25. The molecular formula is C14H25N3O2. The van der Waals surface area contributed by atoms with Crippen LogP contribution in [0.4, 0.5) is 0 Å². The number of nitrogens with one attached hydrogen (secondary N) is 2. The van der Waals surface area contributed by atoms with Gasteiger partial charge in [0.05, 0.1) is 24.6 Å². The first kappa shape index (κ1) is 15.9. The maximum Gasteiger partial charge on any atom is 0.233 e. The van der Waals surface area contributed by atoms with E-state index in [1.54, 1.807) is 0 Å². The van der Waals surface area contributed by atoms with Crippen LogP contribution in [0.2, 0.25) is 0 Å². The summed E-state index contributed by atoms with van der Waals surface area (Å²) in [6, 6.07) is 1.97. The van der Waals surface area contributed by atoms with E-state index in [1.165, 1.54) is 0 Å². The highest BCUT2D eigenvalue weighted by Crippen LogP contribution is 2.39. The minimum Gasteiger partial charge on any atom is -0.389 e. The number of hydrogen-bond donors (Lipinski definition) is 3. The second-order valence-electron chi connectivity index (χ2n) is 6.25. The molecule has 0 unspecified atom stereocenters. The molecule has 108 valence electrons. The van der Waals surface area contributed by atoms with Crippen LogP contribution in [0.3, 0.4) is 0 Å². The molecule has 1 saturated carbocycles. The van der Waals surface area contributed by atoms with Gasteiger partial charge in [-0.25, -0.2) is 0 Å². The summed E-state index contributed by atoms with van der Waals surface area (Å²) in [6.45, 7) is 5.48. The molecule has 0 atom stereocenters. The highest BCUT2D eigenvalue weighted by atomic mass is 16.3. The molecule has 0 aromatic carbocycles. The van der Waals surface area contributed by atoms with Crippen LogP contribution in [0.5, 0.6) is 0 Å². The lowest BCUT2D eigenvalue weighted by Gasteiger charge is -2.40. The molecule has 1 fully saturated rings. The van der Waals surface area contributed by atoms with Crippen LogP contribution < -0.4 is 10.6 Å². The predicted molar refractivity (Wildman–Crippen MR) is 73.3 cm³/mol. The minimum absolute atomic E-state index is 0.130. The van der Waals surface area contributed by atoms with Gasteiger partial charge in [-0.05, 0) is 31.1 Å². The summed E-state index contributed by atoms with van der Waals surface area (Å²) in [5.41, 5.74) is -0.358. The Kier molecular flexibility index (Phi) is 5.77. The third-order valence-corrected chi connectivity index (χ3v) is 3.83. The molecule has 1 amide bonds. The monoisotopic (exact) mass is 267 g/mol. The van der Waals surface area contributed by atoms with Crippen LogP contribution >= 0.6 is 0 Å². The van der Waals surface area contributed by atoms with E-state index >= 15 is 0 Å². The molecule has 0 saturated heterocycles. The van der Waals surface area contributed by atoms with Crippen LogP contribution in [0.25, 0.3) is 0 Å². The smallest absolute Gasteiger partial charge is 0.233 e. The molecule has 1 aliphatic carbocycles. The quantitative estimate of drug-likeness (QED) is 0.625. The van der Waals surface area contributed by atoms with E-state index < -0.39 is 5.60 Å². The zero-order valence-electron chi connectivity index (χ0n) is 12.0. The van der Waals surface area contributed by atoms with Gasteiger partial charge in [-0.2, -0.15) is 5.26 Å². The second kappa shape index (κ2) is 6.88. The summed E-state index contributed by atoms with van der Waals surface area (Å²) in [5, 5.41) is 24.4. The summed E-state index contributed by atoms with van der Waals surface area (Å²) >= 11 is 0. The Labute approximate surface area is 115 Å². The molecule has 0 radical (unpaired) electrons. The van der Waals surface area contributed by atoms with Gasteiger partial charge in [0, 0.05) is 13.1 Å². The maximum absolute atomic E-state index is 11.4. The van der Waals surface area contributed by atoms with Gasteiger partial charge in [0.15, 0.2) is 0 Å². The molecule has 1 aliphatic rings. The Bertz CT molecular complexity index is 337. The maximum atomic E-state index is 11.4. The lowest BCUT2D eigenvalue weighted by atomic mass is 9.71. The molecule has 0 bridgehead atoms. The van der Waals surface area contributed by atoms with Gasteiger partial charge in [0.2, 0.25) is 5.91 Å². The summed E-state index contributed by atoms with van der Waals surface area (Å²) in [5.74, 6) is -0.130. The molecule has 1 rings (SSSR count). The van der Waals surface area contributed by atoms with Crippen molar-refractivity contribution in [2.45, 2.75) is 51.6 Å². The number of rotatable bonds is 6. The average molecular weight is 267 g/mol. The first-order chi connectivity index (χ1) is 8.87. The first-order valence-electron chi connectivity index (χ1n) is 6.94. The fourth-order valence-electron chi connectivity index (χ4n) is 2.30. The Morgan fingerprint density at radius 2 is 1.95 bits per heavy atom. The third kappa shape index (κ3) is 6.04. The average Bonchev–Trinajstić information content (AvgIpc) is 2.34. The molecule has 5 heteroatoms. The molecule has 19 heavy (non-hydrogen) atoms. The number of nitrogens with zero attached hydrogens (tertiary/aromatic N) is 1. The lowest BCUT2D eigenvalue weighted by Crippen LogP contribution is -2.47. The zero-order chi connectivity index (χ0) is 14.4. The van der Waals surface area contributed by atoms with Crippen molar-refractivity contribution >= 4 is 5.91 Å². The van der Waals surface area contributed by atoms with Crippen molar-refractivity contribution in [2.24, 2.45) is 5.41 Å². The topological polar surface area (TPSA) is 85.2 Å². The van der Waals surface area contributed by atoms with E-state index in [-0.39, 0.29) is 12.5 Å². The summed E-state index contributed by atoms with van der Waals surface area (Å²) < 4.78 is 0. The van der Waals surface area contributed by atoms with E-state index in [1.807, 2.05) is 6.07 Å². The lowest BCUT2D eigenvalue weighted by molar-refractivity contribution is -0.120. The molecule has 5 nitrogen and oxygen atoms in total. The van der Waals surface area contributed by atoms with Crippen LogP contribution in [-0.2, 0) is 4.79 Å². The summed E-state index contributed by atoms with van der Waals surface area (Å²) in [6.07, 6.45) is 3.91. The van der Waals surface area contributed by atoms with Crippen molar-refractivity contribution in [3.8, 4) is 6.07 Å². The highest BCUT2D eigenvalue weighted by molar-refractivity contribution is 5.77. The number of carbonyl (C=O) groups excluding carboxylic acids is 1. The van der Waals surface area contributed by atoms with Crippen molar-refractivity contribution in [3.63, 3.8) is 0 Å². The molecule has 3 N–H and O–H groups in total. The molecule has 0 aromatic heterocycles. The Balaban J connectivity index is 2.19. The van der Waals surface area contributed by atoms with E-state index in [4.69, 9.17) is 5.26 Å². The van der Waals surface area contributed by atoms with E-state index in [9.17, 15) is 9.90 Å². The van der Waals surface area contributed by atoms with Crippen LogP contribution in [0, 0.1) is 16.7 Å². The van der Waals surface area contributed by atoms with Crippen molar-refractivity contribution in [2.75, 3.05) is 19.6 Å². The van der Waals surface area contributed by atoms with Crippen molar-refractivity contribution in [1.82, 2.24) is 10.6 Å². The number of hydrogen-bond acceptors (Lipinski definition) is 4. The molecule has 0 heterocycles. The standard InChI is InChI=1S/C14H25N3O2/c1-13(2)4-6-14(19,7-5-13)11-16-10-12(18)17-9-3-8-15/h16,19H,3-7,9-11H2,1-2H3,(H,17,18). The molecule has 0 aromatic rings. The van der Waals surface area contributed by atoms with Gasteiger partial charge >= 0.3 is 0 Å². The summed E-state index contributed by atoms with van der Waals surface area (Å²) in [4.78, 5) is 11.4. The first-order valence-corrected chi connectivity index (χ1v) is 6.94. The fourth-order valence-corrected chi connectivity index (χ4v) is 2.30.